The third-order valence-corrected chi connectivity index (χ3v) is 3.59. The predicted molar refractivity (Wildman–Crippen MR) is 75.2 cm³/mol. The number of ether oxygens (including phenoxy) is 2. The molecular weight excluding hydrogens is 287 g/mol. The van der Waals surface area contributed by atoms with Crippen LogP contribution in [0.25, 0.3) is 0 Å². The van der Waals surface area contributed by atoms with Crippen molar-refractivity contribution in [3.63, 3.8) is 0 Å². The minimum absolute atomic E-state index is 0.0151. The molecule has 3 nitrogen and oxygen atoms in total. The molecule has 19 heavy (non-hydrogen) atoms. The smallest absolute Gasteiger partial charge is 0.189 e. The number of Topliss-reactive ketones (excluding diaryl/α,β-unsaturated/α-hetero) is 1. The molecule has 1 saturated heterocycles. The number of rotatable bonds is 5. The first-order chi connectivity index (χ1) is 9.16. The van der Waals surface area contributed by atoms with Gasteiger partial charge in [-0.25, -0.2) is 0 Å². The van der Waals surface area contributed by atoms with Gasteiger partial charge in [-0.1, -0.05) is 23.2 Å². The van der Waals surface area contributed by atoms with Gasteiger partial charge < -0.3 is 9.47 Å². The van der Waals surface area contributed by atoms with E-state index < -0.39 is 0 Å². The quantitative estimate of drug-likeness (QED) is 0.777. The summed E-state index contributed by atoms with van der Waals surface area (Å²) in [6, 6.07) is 4.82. The van der Waals surface area contributed by atoms with Gasteiger partial charge in [0.15, 0.2) is 5.78 Å². The first-order valence-corrected chi connectivity index (χ1v) is 7.10. The zero-order valence-corrected chi connectivity index (χ0v) is 12.0. The molecule has 1 aromatic carbocycles. The molecule has 0 amide bonds. The van der Waals surface area contributed by atoms with E-state index in [-0.39, 0.29) is 18.5 Å². The lowest BCUT2D eigenvalue weighted by atomic mass is 10.1. The molecule has 1 aromatic rings. The molecule has 0 aromatic heterocycles. The standard InChI is InChI=1S/C14H16Cl2O3/c15-10-4-5-12(13(16)7-10)14(17)9-18-8-11-3-1-2-6-19-11/h4-5,7,11H,1-3,6,8-9H2. The van der Waals surface area contributed by atoms with Crippen LogP contribution in [0, 0.1) is 0 Å². The second-order valence-electron chi connectivity index (χ2n) is 4.55. The number of benzene rings is 1. The van der Waals surface area contributed by atoms with Crippen LogP contribution in [0.3, 0.4) is 0 Å². The van der Waals surface area contributed by atoms with Gasteiger partial charge in [0.25, 0.3) is 0 Å². The van der Waals surface area contributed by atoms with Gasteiger partial charge in [-0.3, -0.25) is 4.79 Å². The Morgan fingerprint density at radius 1 is 1.37 bits per heavy atom. The molecule has 1 atom stereocenters. The summed E-state index contributed by atoms with van der Waals surface area (Å²) in [7, 11) is 0. The van der Waals surface area contributed by atoms with Gasteiger partial charge in [-0.2, -0.15) is 0 Å². The maximum Gasteiger partial charge on any atom is 0.189 e. The maximum atomic E-state index is 11.9. The SMILES string of the molecule is O=C(COCC1CCCCO1)c1ccc(Cl)cc1Cl. The Hall–Kier alpha value is -0.610. The van der Waals surface area contributed by atoms with E-state index in [0.29, 0.717) is 22.2 Å². The summed E-state index contributed by atoms with van der Waals surface area (Å²) in [4.78, 5) is 11.9. The Bertz CT molecular complexity index is 442. The fourth-order valence-corrected chi connectivity index (χ4v) is 2.53. The molecule has 0 N–H and O–H groups in total. The van der Waals surface area contributed by atoms with Crippen molar-refractivity contribution in [2.75, 3.05) is 19.8 Å². The molecule has 1 aliphatic heterocycles. The highest BCUT2D eigenvalue weighted by Crippen LogP contribution is 2.21. The van der Waals surface area contributed by atoms with Crippen molar-refractivity contribution in [3.8, 4) is 0 Å². The van der Waals surface area contributed by atoms with Crippen molar-refractivity contribution >= 4 is 29.0 Å². The minimum atomic E-state index is -0.141. The van der Waals surface area contributed by atoms with Crippen LogP contribution >= 0.6 is 23.2 Å². The van der Waals surface area contributed by atoms with E-state index in [9.17, 15) is 4.79 Å². The first kappa shape index (κ1) is 14.8. The lowest BCUT2D eigenvalue weighted by molar-refractivity contribution is -0.0370. The summed E-state index contributed by atoms with van der Waals surface area (Å²) in [5.74, 6) is -0.141. The maximum absolute atomic E-state index is 11.9. The van der Waals surface area contributed by atoms with E-state index in [1.54, 1.807) is 18.2 Å². The van der Waals surface area contributed by atoms with Crippen molar-refractivity contribution in [2.24, 2.45) is 0 Å². The molecule has 0 aliphatic carbocycles. The summed E-state index contributed by atoms with van der Waals surface area (Å²) in [5.41, 5.74) is 0.440. The lowest BCUT2D eigenvalue weighted by Crippen LogP contribution is -2.25. The van der Waals surface area contributed by atoms with Crippen molar-refractivity contribution in [1.29, 1.82) is 0 Å². The number of hydrogen-bond acceptors (Lipinski definition) is 3. The Balaban J connectivity index is 1.80. The topological polar surface area (TPSA) is 35.5 Å². The van der Waals surface area contributed by atoms with Crippen LogP contribution in [0.2, 0.25) is 10.0 Å². The van der Waals surface area contributed by atoms with Crippen LogP contribution in [0.15, 0.2) is 18.2 Å². The van der Waals surface area contributed by atoms with E-state index in [2.05, 4.69) is 0 Å². The number of halogens is 2. The Labute approximate surface area is 122 Å². The molecular formula is C14H16Cl2O3. The van der Waals surface area contributed by atoms with E-state index in [1.807, 2.05) is 0 Å². The molecule has 1 aliphatic rings. The molecule has 1 unspecified atom stereocenters. The van der Waals surface area contributed by atoms with Crippen molar-refractivity contribution in [2.45, 2.75) is 25.4 Å². The first-order valence-electron chi connectivity index (χ1n) is 6.34. The summed E-state index contributed by atoms with van der Waals surface area (Å²) < 4.78 is 10.9. The Morgan fingerprint density at radius 3 is 2.89 bits per heavy atom. The van der Waals surface area contributed by atoms with Gasteiger partial charge in [0.2, 0.25) is 0 Å². The second kappa shape index (κ2) is 7.25. The fraction of sp³-hybridized carbons (Fsp3) is 0.500. The third kappa shape index (κ3) is 4.46. The zero-order chi connectivity index (χ0) is 13.7. The van der Waals surface area contributed by atoms with Crippen LogP contribution in [0.1, 0.15) is 29.6 Å². The highest BCUT2D eigenvalue weighted by atomic mass is 35.5. The average molecular weight is 303 g/mol. The summed E-state index contributed by atoms with van der Waals surface area (Å²) in [6.45, 7) is 1.25. The van der Waals surface area contributed by atoms with E-state index in [4.69, 9.17) is 32.7 Å². The number of carbonyl (C=O) groups excluding carboxylic acids is 1. The highest BCUT2D eigenvalue weighted by Gasteiger charge is 2.16. The van der Waals surface area contributed by atoms with Crippen LogP contribution in [-0.4, -0.2) is 31.7 Å². The summed E-state index contributed by atoms with van der Waals surface area (Å²) in [5, 5.41) is 0.869. The number of ketones is 1. The Morgan fingerprint density at radius 2 is 2.21 bits per heavy atom. The lowest BCUT2D eigenvalue weighted by Gasteiger charge is -2.22. The molecule has 0 bridgehead atoms. The van der Waals surface area contributed by atoms with Gasteiger partial charge >= 0.3 is 0 Å². The predicted octanol–water partition coefficient (Wildman–Crippen LogP) is 3.76. The van der Waals surface area contributed by atoms with Gasteiger partial charge in [0.1, 0.15) is 6.61 Å². The van der Waals surface area contributed by atoms with E-state index >= 15 is 0 Å². The van der Waals surface area contributed by atoms with Crippen molar-refractivity contribution in [1.82, 2.24) is 0 Å². The molecule has 1 heterocycles. The van der Waals surface area contributed by atoms with Crippen LogP contribution in [0.4, 0.5) is 0 Å². The fourth-order valence-electron chi connectivity index (χ4n) is 2.02. The normalized spacial score (nSPS) is 19.4. The van der Waals surface area contributed by atoms with E-state index in [1.165, 1.54) is 0 Å². The molecule has 104 valence electrons. The molecule has 5 heteroatoms. The Kier molecular flexibility index (Phi) is 5.64. The second-order valence-corrected chi connectivity index (χ2v) is 5.39. The largest absolute Gasteiger partial charge is 0.376 e. The number of hydrogen-bond donors (Lipinski definition) is 0. The van der Waals surface area contributed by atoms with E-state index in [0.717, 1.165) is 25.9 Å². The molecule has 1 fully saturated rings. The molecule has 2 rings (SSSR count). The molecule has 0 saturated carbocycles. The highest BCUT2D eigenvalue weighted by molar-refractivity contribution is 6.36. The third-order valence-electron chi connectivity index (χ3n) is 3.04. The van der Waals surface area contributed by atoms with Crippen LogP contribution in [-0.2, 0) is 9.47 Å². The van der Waals surface area contributed by atoms with Crippen LogP contribution in [0.5, 0.6) is 0 Å². The molecule has 0 spiro atoms. The van der Waals surface area contributed by atoms with Crippen molar-refractivity contribution in [3.05, 3.63) is 33.8 Å². The summed E-state index contributed by atoms with van der Waals surface area (Å²) >= 11 is 11.8. The van der Waals surface area contributed by atoms with Gasteiger partial charge in [-0.15, -0.1) is 0 Å². The van der Waals surface area contributed by atoms with Crippen LogP contribution < -0.4 is 0 Å². The van der Waals surface area contributed by atoms with Gasteiger partial charge in [0, 0.05) is 17.2 Å². The van der Waals surface area contributed by atoms with Gasteiger partial charge in [0.05, 0.1) is 17.7 Å². The monoisotopic (exact) mass is 302 g/mol. The zero-order valence-electron chi connectivity index (χ0n) is 10.5. The minimum Gasteiger partial charge on any atom is -0.376 e. The van der Waals surface area contributed by atoms with Crippen molar-refractivity contribution < 1.29 is 14.3 Å². The number of carbonyl (C=O) groups is 1. The van der Waals surface area contributed by atoms with Gasteiger partial charge in [-0.05, 0) is 37.5 Å². The average Bonchev–Trinajstić information content (AvgIpc) is 2.39. The molecule has 0 radical (unpaired) electrons. The summed E-state index contributed by atoms with van der Waals surface area (Å²) in [6.07, 6.45) is 3.37.